The number of hydrogen-bond donors (Lipinski definition) is 2. The predicted octanol–water partition coefficient (Wildman–Crippen LogP) is 6.11. The van der Waals surface area contributed by atoms with Gasteiger partial charge in [0.15, 0.2) is 0 Å². The van der Waals surface area contributed by atoms with E-state index in [-0.39, 0.29) is 6.61 Å². The summed E-state index contributed by atoms with van der Waals surface area (Å²) >= 11 is 6.38. The van der Waals surface area contributed by atoms with Crippen molar-refractivity contribution in [2.24, 2.45) is 5.92 Å². The molecule has 0 aliphatic heterocycles. The highest BCUT2D eigenvalue weighted by Gasteiger charge is 2.16. The Balaban J connectivity index is 1.82. The number of aliphatic hydroxyl groups is 1. The van der Waals surface area contributed by atoms with E-state index in [1.165, 1.54) is 16.7 Å². The summed E-state index contributed by atoms with van der Waals surface area (Å²) in [5.41, 5.74) is 6.56. The number of rotatable bonds is 8. The molecule has 3 aromatic rings. The van der Waals surface area contributed by atoms with Crippen LogP contribution in [-0.2, 0) is 11.2 Å². The zero-order chi connectivity index (χ0) is 21.5. The Kier molecular flexibility index (Phi) is 7.45. The molecule has 0 bridgehead atoms. The molecule has 3 nitrogen and oxygen atoms in total. The largest absolute Gasteiger partial charge is 0.481 e. The third-order valence-corrected chi connectivity index (χ3v) is 5.66. The molecule has 1 atom stereocenters. The number of carboxylic acids is 1. The van der Waals surface area contributed by atoms with Gasteiger partial charge in [-0.2, -0.15) is 0 Å². The van der Waals surface area contributed by atoms with Gasteiger partial charge in [-0.25, -0.2) is 0 Å². The van der Waals surface area contributed by atoms with Crippen LogP contribution in [0.3, 0.4) is 0 Å². The van der Waals surface area contributed by atoms with Crippen molar-refractivity contribution in [1.29, 1.82) is 0 Å². The van der Waals surface area contributed by atoms with Crippen molar-refractivity contribution >= 4 is 29.7 Å². The number of aliphatic hydroxyl groups excluding tert-OH is 1. The zero-order valence-electron chi connectivity index (χ0n) is 16.9. The van der Waals surface area contributed by atoms with Crippen LogP contribution >= 0.6 is 11.6 Å². The summed E-state index contributed by atoms with van der Waals surface area (Å²) in [5.74, 6) is -1.72. The van der Waals surface area contributed by atoms with Gasteiger partial charge in [0.1, 0.15) is 0 Å². The van der Waals surface area contributed by atoms with Gasteiger partial charge in [0.25, 0.3) is 0 Å². The number of aliphatic carboxylic acids is 1. The maximum atomic E-state index is 11.1. The first-order valence-corrected chi connectivity index (χ1v) is 10.3. The molecular weight excluding hydrogens is 396 g/mol. The van der Waals surface area contributed by atoms with E-state index in [0.29, 0.717) is 17.9 Å². The summed E-state index contributed by atoms with van der Waals surface area (Å²) in [7, 11) is 0. The van der Waals surface area contributed by atoms with E-state index in [1.807, 2.05) is 48.5 Å². The first-order valence-electron chi connectivity index (χ1n) is 9.95. The van der Waals surface area contributed by atoms with Crippen molar-refractivity contribution in [3.8, 4) is 11.1 Å². The van der Waals surface area contributed by atoms with Crippen molar-refractivity contribution in [3.63, 3.8) is 0 Å². The normalized spacial score (nSPS) is 12.2. The fraction of sp³-hybridized carbons (Fsp3) is 0.192. The molecule has 154 valence electrons. The average molecular weight is 421 g/mol. The summed E-state index contributed by atoms with van der Waals surface area (Å²) in [6.45, 7) is 1.76. The lowest BCUT2D eigenvalue weighted by Crippen LogP contribution is -2.18. The van der Waals surface area contributed by atoms with Gasteiger partial charge in [-0.15, -0.1) is 0 Å². The molecule has 0 saturated heterocycles. The molecule has 0 unspecified atom stereocenters. The van der Waals surface area contributed by atoms with Crippen LogP contribution < -0.4 is 0 Å². The predicted molar refractivity (Wildman–Crippen MR) is 124 cm³/mol. The van der Waals surface area contributed by atoms with E-state index in [9.17, 15) is 9.90 Å². The van der Waals surface area contributed by atoms with Crippen LogP contribution in [0.5, 0.6) is 0 Å². The first-order chi connectivity index (χ1) is 14.5. The Morgan fingerprint density at radius 3 is 2.43 bits per heavy atom. The molecule has 2 N–H and O–H groups in total. The zero-order valence-corrected chi connectivity index (χ0v) is 17.6. The molecule has 0 saturated carbocycles. The van der Waals surface area contributed by atoms with E-state index in [4.69, 9.17) is 16.7 Å². The number of carbonyl (C=O) groups is 1. The first kappa shape index (κ1) is 21.8. The van der Waals surface area contributed by atoms with Gasteiger partial charge < -0.3 is 10.2 Å². The fourth-order valence-corrected chi connectivity index (χ4v) is 3.63. The second kappa shape index (κ2) is 10.2. The van der Waals surface area contributed by atoms with Crippen LogP contribution in [-0.4, -0.2) is 22.8 Å². The molecule has 3 aromatic carbocycles. The lowest BCUT2D eigenvalue weighted by Gasteiger charge is -2.10. The third-order valence-electron chi connectivity index (χ3n) is 5.31. The number of aryl methyl sites for hydroxylation is 1. The van der Waals surface area contributed by atoms with E-state index in [0.717, 1.165) is 16.7 Å². The van der Waals surface area contributed by atoms with Crippen molar-refractivity contribution in [1.82, 2.24) is 0 Å². The van der Waals surface area contributed by atoms with Gasteiger partial charge in [-0.3, -0.25) is 4.79 Å². The minimum absolute atomic E-state index is 0.354. The highest BCUT2D eigenvalue weighted by atomic mass is 35.5. The quantitative estimate of drug-likeness (QED) is 0.432. The Bertz CT molecular complexity index is 1040. The van der Waals surface area contributed by atoms with Crippen LogP contribution in [0, 0.1) is 12.8 Å². The molecule has 0 amide bonds. The Morgan fingerprint density at radius 2 is 1.73 bits per heavy atom. The van der Waals surface area contributed by atoms with Crippen molar-refractivity contribution in [2.75, 3.05) is 6.61 Å². The summed E-state index contributed by atoms with van der Waals surface area (Å²) in [4.78, 5) is 11.1. The molecule has 30 heavy (non-hydrogen) atoms. The highest BCUT2D eigenvalue weighted by Crippen LogP contribution is 2.28. The Morgan fingerprint density at radius 1 is 1.00 bits per heavy atom. The van der Waals surface area contributed by atoms with Crippen molar-refractivity contribution in [2.45, 2.75) is 19.8 Å². The van der Waals surface area contributed by atoms with Crippen LogP contribution in [0.25, 0.3) is 23.3 Å². The number of benzene rings is 3. The standard InChI is InChI=1S/C26H25ClO3/c1-18-20(8-5-9-24(18)21-6-3-2-4-7-21)13-14-22-16-19(11-15-25(22)27)10-12-23(17-28)26(29)30/h2-9,11,13-16,23,28H,10,12,17H2,1H3,(H,29,30)/b14-13+/t23-/m1/s1. The van der Waals surface area contributed by atoms with E-state index >= 15 is 0 Å². The molecule has 0 fully saturated rings. The van der Waals surface area contributed by atoms with Crippen molar-refractivity contribution < 1.29 is 15.0 Å². The lowest BCUT2D eigenvalue weighted by molar-refractivity contribution is -0.143. The van der Waals surface area contributed by atoms with E-state index in [2.05, 4.69) is 37.3 Å². The summed E-state index contributed by atoms with van der Waals surface area (Å²) in [6.07, 6.45) is 5.00. The molecule has 0 aromatic heterocycles. The molecule has 3 rings (SSSR count). The van der Waals surface area contributed by atoms with Gasteiger partial charge in [0.05, 0.1) is 12.5 Å². The topological polar surface area (TPSA) is 57.5 Å². The minimum Gasteiger partial charge on any atom is -0.481 e. The summed E-state index contributed by atoms with van der Waals surface area (Å²) in [5, 5.41) is 18.9. The van der Waals surface area contributed by atoms with E-state index in [1.54, 1.807) is 0 Å². The monoisotopic (exact) mass is 420 g/mol. The smallest absolute Gasteiger partial charge is 0.308 e. The van der Waals surface area contributed by atoms with Gasteiger partial charge >= 0.3 is 5.97 Å². The Labute approximate surface area is 182 Å². The van der Waals surface area contributed by atoms with Gasteiger partial charge in [0.2, 0.25) is 0 Å². The third kappa shape index (κ3) is 5.38. The lowest BCUT2D eigenvalue weighted by atomic mass is 9.95. The van der Waals surface area contributed by atoms with Crippen LogP contribution in [0.4, 0.5) is 0 Å². The van der Waals surface area contributed by atoms with Crippen LogP contribution in [0.1, 0.15) is 28.7 Å². The van der Waals surface area contributed by atoms with Gasteiger partial charge in [0, 0.05) is 5.02 Å². The number of hydrogen-bond acceptors (Lipinski definition) is 2. The fourth-order valence-electron chi connectivity index (χ4n) is 3.45. The maximum Gasteiger partial charge on any atom is 0.308 e. The van der Waals surface area contributed by atoms with Crippen LogP contribution in [0.2, 0.25) is 5.02 Å². The Hall–Kier alpha value is -2.88. The maximum absolute atomic E-state index is 11.1. The molecule has 4 heteroatoms. The molecular formula is C26H25ClO3. The van der Waals surface area contributed by atoms with Gasteiger partial charge in [-0.1, -0.05) is 84.4 Å². The second-order valence-corrected chi connectivity index (χ2v) is 7.74. The molecule has 0 aliphatic carbocycles. The SMILES string of the molecule is Cc1c(/C=C/c2cc(CC[C@H](CO)C(=O)O)ccc2Cl)cccc1-c1ccccc1. The molecule has 0 heterocycles. The minimum atomic E-state index is -0.972. The van der Waals surface area contributed by atoms with E-state index < -0.39 is 11.9 Å². The summed E-state index contributed by atoms with van der Waals surface area (Å²) in [6, 6.07) is 22.2. The molecule has 0 aliphatic rings. The average Bonchev–Trinajstić information content (AvgIpc) is 2.75. The molecule has 0 radical (unpaired) electrons. The number of carboxylic acid groups (broad SMARTS) is 1. The van der Waals surface area contributed by atoms with Crippen molar-refractivity contribution in [3.05, 3.63) is 94.0 Å². The number of halogens is 1. The highest BCUT2D eigenvalue weighted by molar-refractivity contribution is 6.32. The van der Waals surface area contributed by atoms with Gasteiger partial charge in [-0.05, 0) is 59.2 Å². The molecule has 0 spiro atoms. The van der Waals surface area contributed by atoms with Crippen LogP contribution in [0.15, 0.2) is 66.7 Å². The second-order valence-electron chi connectivity index (χ2n) is 7.33. The summed E-state index contributed by atoms with van der Waals surface area (Å²) < 4.78 is 0.